The maximum absolute atomic E-state index is 10.9. The van der Waals surface area contributed by atoms with Crippen molar-refractivity contribution in [1.29, 1.82) is 0 Å². The van der Waals surface area contributed by atoms with Gasteiger partial charge in [0.2, 0.25) is 0 Å². The van der Waals surface area contributed by atoms with E-state index in [0.717, 1.165) is 0 Å². The number of hydrogen-bond acceptors (Lipinski definition) is 3. The fourth-order valence-corrected chi connectivity index (χ4v) is 1.42. The first kappa shape index (κ1) is 10.9. The SMILES string of the molecule is COCC(=O)OP(C)(C)(C)C. The van der Waals surface area contributed by atoms with Crippen LogP contribution in [-0.4, -0.2) is 46.3 Å². The Morgan fingerprint density at radius 3 is 2.00 bits per heavy atom. The summed E-state index contributed by atoms with van der Waals surface area (Å²) in [6, 6.07) is 0. The van der Waals surface area contributed by atoms with Crippen LogP contribution in [0.1, 0.15) is 0 Å². The van der Waals surface area contributed by atoms with Crippen molar-refractivity contribution in [3.8, 4) is 0 Å². The summed E-state index contributed by atoms with van der Waals surface area (Å²) in [6.45, 7) is 5.79. The van der Waals surface area contributed by atoms with Crippen LogP contribution in [0.25, 0.3) is 0 Å². The van der Waals surface area contributed by atoms with E-state index < -0.39 is 6.83 Å². The minimum atomic E-state index is -2.14. The molecule has 4 heteroatoms. The van der Waals surface area contributed by atoms with E-state index in [0.29, 0.717) is 0 Å². The summed E-state index contributed by atoms with van der Waals surface area (Å²) >= 11 is 0. The third-order valence-electron chi connectivity index (χ3n) is 0.729. The van der Waals surface area contributed by atoms with E-state index in [1.807, 2.05) is 26.7 Å². The van der Waals surface area contributed by atoms with Gasteiger partial charge in [-0.15, -0.1) is 0 Å². The van der Waals surface area contributed by atoms with Crippen LogP contribution < -0.4 is 0 Å². The van der Waals surface area contributed by atoms with Crippen molar-refractivity contribution in [3.05, 3.63) is 0 Å². The number of rotatable bonds is 3. The molecule has 0 fully saturated rings. The maximum atomic E-state index is 10.9. The summed E-state index contributed by atoms with van der Waals surface area (Å²) in [5.74, 6) is -0.278. The molecule has 0 rings (SSSR count). The monoisotopic (exact) mass is 180 g/mol. The fourth-order valence-electron chi connectivity index (χ4n) is 0.551. The molecule has 0 bridgehead atoms. The van der Waals surface area contributed by atoms with E-state index in [1.165, 1.54) is 7.11 Å². The molecule has 0 aliphatic carbocycles. The third kappa shape index (κ3) is 7.76. The number of carbonyl (C=O) groups excluding carboxylic acids is 1. The predicted octanol–water partition coefficient (Wildman–Crippen LogP) is 1.16. The Bertz CT molecular complexity index is 148. The summed E-state index contributed by atoms with van der Waals surface area (Å²) in [7, 11) is 1.48. The molecule has 0 aromatic rings. The molecule has 0 aliphatic rings. The zero-order valence-electron chi connectivity index (χ0n) is 7.88. The predicted molar refractivity (Wildman–Crippen MR) is 48.6 cm³/mol. The van der Waals surface area contributed by atoms with Crippen LogP contribution in [-0.2, 0) is 14.1 Å². The molecular weight excluding hydrogens is 163 g/mol. The summed E-state index contributed by atoms with van der Waals surface area (Å²) in [4.78, 5) is 10.9. The van der Waals surface area contributed by atoms with Gasteiger partial charge in [0.15, 0.2) is 0 Å². The molecule has 11 heavy (non-hydrogen) atoms. The van der Waals surface area contributed by atoms with Gasteiger partial charge in [0, 0.05) is 0 Å². The molecule has 0 N–H and O–H groups in total. The molecule has 0 spiro atoms. The quantitative estimate of drug-likeness (QED) is 0.611. The first-order chi connectivity index (χ1) is 4.71. The average Bonchev–Trinajstić information content (AvgIpc) is 1.56. The van der Waals surface area contributed by atoms with Crippen molar-refractivity contribution in [3.63, 3.8) is 0 Å². The van der Waals surface area contributed by atoms with Crippen LogP contribution >= 0.6 is 6.83 Å². The number of hydrogen-bond donors (Lipinski definition) is 0. The topological polar surface area (TPSA) is 35.5 Å². The summed E-state index contributed by atoms with van der Waals surface area (Å²) in [6.07, 6.45) is 0. The zero-order chi connectivity index (χ0) is 9.15. The van der Waals surface area contributed by atoms with Crippen LogP contribution in [0, 0.1) is 0 Å². The molecule has 0 unspecified atom stereocenters. The second-order valence-electron chi connectivity index (χ2n) is 4.31. The van der Waals surface area contributed by atoms with Gasteiger partial charge in [0.05, 0.1) is 0 Å². The second-order valence-corrected chi connectivity index (χ2v) is 11.3. The molecule has 0 saturated heterocycles. The Kier molecular flexibility index (Phi) is 3.04. The Balaban J connectivity index is 3.96. The van der Waals surface area contributed by atoms with E-state index >= 15 is 0 Å². The van der Waals surface area contributed by atoms with Crippen LogP contribution in [0.15, 0.2) is 0 Å². The van der Waals surface area contributed by atoms with E-state index in [1.54, 1.807) is 0 Å². The van der Waals surface area contributed by atoms with Crippen molar-refractivity contribution in [2.45, 2.75) is 0 Å². The van der Waals surface area contributed by atoms with Gasteiger partial charge in [-0.25, -0.2) is 0 Å². The normalized spacial score (nSPS) is 15.2. The molecule has 0 aromatic carbocycles. The molecule has 0 aromatic heterocycles. The Labute approximate surface area is 68.1 Å². The number of carbonyl (C=O) groups is 1. The molecule has 0 radical (unpaired) electrons. The molecular formula is C7H17O3P. The molecule has 0 heterocycles. The molecule has 0 aliphatic heterocycles. The van der Waals surface area contributed by atoms with Gasteiger partial charge in [-0.2, -0.15) is 0 Å². The summed E-state index contributed by atoms with van der Waals surface area (Å²) in [5, 5.41) is 0. The van der Waals surface area contributed by atoms with Crippen LogP contribution in [0.3, 0.4) is 0 Å². The number of ether oxygens (including phenoxy) is 1. The molecule has 68 valence electrons. The number of methoxy groups -OCH3 is 1. The summed E-state index contributed by atoms with van der Waals surface area (Å²) in [5.41, 5.74) is 0. The van der Waals surface area contributed by atoms with Crippen molar-refractivity contribution in [2.75, 3.05) is 40.4 Å². The Morgan fingerprint density at radius 1 is 1.27 bits per heavy atom. The van der Waals surface area contributed by atoms with Crippen LogP contribution in [0.2, 0.25) is 0 Å². The van der Waals surface area contributed by atoms with Gasteiger partial charge in [-0.1, -0.05) is 0 Å². The second kappa shape index (κ2) is 3.08. The van der Waals surface area contributed by atoms with E-state index in [2.05, 4.69) is 4.74 Å². The van der Waals surface area contributed by atoms with Crippen molar-refractivity contribution in [1.82, 2.24) is 0 Å². The molecule has 0 atom stereocenters. The van der Waals surface area contributed by atoms with Crippen molar-refractivity contribution >= 4 is 12.8 Å². The van der Waals surface area contributed by atoms with Crippen LogP contribution in [0.4, 0.5) is 0 Å². The van der Waals surface area contributed by atoms with Gasteiger partial charge in [0.25, 0.3) is 0 Å². The van der Waals surface area contributed by atoms with Gasteiger partial charge in [-0.3, -0.25) is 0 Å². The summed E-state index contributed by atoms with van der Waals surface area (Å²) < 4.78 is 9.87. The standard InChI is InChI=1S/C7H17O3P/c1-9-6-7(8)10-11(2,3,4)5/h6H2,1-5H3. The Hall–Kier alpha value is -0.140. The zero-order valence-corrected chi connectivity index (χ0v) is 8.77. The van der Waals surface area contributed by atoms with E-state index in [9.17, 15) is 4.79 Å². The minimum absolute atomic E-state index is 0.0429. The first-order valence-electron chi connectivity index (χ1n) is 3.43. The first-order valence-corrected chi connectivity index (χ1v) is 7.37. The third-order valence-corrected chi connectivity index (χ3v) is 1.66. The van der Waals surface area contributed by atoms with Gasteiger partial charge < -0.3 is 0 Å². The van der Waals surface area contributed by atoms with Crippen molar-refractivity contribution < 1.29 is 14.1 Å². The fraction of sp³-hybridized carbons (Fsp3) is 0.857. The Morgan fingerprint density at radius 2 is 1.73 bits per heavy atom. The average molecular weight is 180 g/mol. The van der Waals surface area contributed by atoms with Crippen molar-refractivity contribution in [2.24, 2.45) is 0 Å². The van der Waals surface area contributed by atoms with Gasteiger partial charge >= 0.3 is 67.2 Å². The molecule has 3 nitrogen and oxygen atoms in total. The molecule has 0 amide bonds. The molecule has 0 saturated carbocycles. The van der Waals surface area contributed by atoms with E-state index in [4.69, 9.17) is 4.52 Å². The van der Waals surface area contributed by atoms with E-state index in [-0.39, 0.29) is 12.6 Å². The van der Waals surface area contributed by atoms with Gasteiger partial charge in [0.1, 0.15) is 0 Å². The van der Waals surface area contributed by atoms with Crippen LogP contribution in [0.5, 0.6) is 0 Å². The van der Waals surface area contributed by atoms with Gasteiger partial charge in [-0.05, 0) is 0 Å².